The predicted octanol–water partition coefficient (Wildman–Crippen LogP) is 2.27. The van der Waals surface area contributed by atoms with E-state index < -0.39 is 0 Å². The fraction of sp³-hybridized carbons (Fsp3) is 0.533. The highest BCUT2D eigenvalue weighted by Crippen LogP contribution is 2.31. The van der Waals surface area contributed by atoms with Crippen LogP contribution in [0.15, 0.2) is 18.2 Å². The molecule has 0 aromatic heterocycles. The van der Waals surface area contributed by atoms with Crippen molar-refractivity contribution < 1.29 is 14.3 Å². The van der Waals surface area contributed by atoms with Crippen LogP contribution in [0.3, 0.4) is 0 Å². The summed E-state index contributed by atoms with van der Waals surface area (Å²) in [4.78, 5) is 12.3. The number of carbonyl (C=O) groups excluding carboxylic acids is 1. The van der Waals surface area contributed by atoms with Gasteiger partial charge in [-0.1, -0.05) is 13.8 Å². The first kappa shape index (κ1) is 13.9. The first-order valence-electron chi connectivity index (χ1n) is 6.75. The molecule has 0 saturated heterocycles. The number of rotatable bonds is 5. The molecule has 4 heteroatoms. The van der Waals surface area contributed by atoms with Gasteiger partial charge < -0.3 is 14.8 Å². The Hall–Kier alpha value is -1.55. The monoisotopic (exact) mass is 263 g/mol. The normalized spacial score (nSPS) is 15.4. The number of ether oxygens (including phenoxy) is 2. The predicted molar refractivity (Wildman–Crippen MR) is 74.1 cm³/mol. The molecule has 1 N–H and O–H groups in total. The van der Waals surface area contributed by atoms with E-state index in [4.69, 9.17) is 9.47 Å². The third-order valence-electron chi connectivity index (χ3n) is 3.05. The first-order chi connectivity index (χ1) is 9.08. The summed E-state index contributed by atoms with van der Waals surface area (Å²) >= 11 is 0. The number of fused-ring (bicyclic) bond motifs is 1. The number of nitrogens with one attached hydrogen (secondary N) is 1. The molecule has 1 heterocycles. The number of hydrogen-bond acceptors (Lipinski definition) is 4. The molecule has 0 bridgehead atoms. The van der Waals surface area contributed by atoms with Crippen molar-refractivity contribution >= 4 is 5.78 Å². The molecule has 2 rings (SSSR count). The van der Waals surface area contributed by atoms with Crippen molar-refractivity contribution in [1.82, 2.24) is 5.32 Å². The van der Waals surface area contributed by atoms with Crippen molar-refractivity contribution in [1.29, 1.82) is 0 Å². The van der Waals surface area contributed by atoms with Gasteiger partial charge in [0.25, 0.3) is 0 Å². The maximum Gasteiger partial charge on any atom is 0.179 e. The van der Waals surface area contributed by atoms with Crippen molar-refractivity contribution in [3.63, 3.8) is 0 Å². The van der Waals surface area contributed by atoms with Crippen LogP contribution in [0.4, 0.5) is 0 Å². The minimum atomic E-state index is -0.190. The van der Waals surface area contributed by atoms with Crippen LogP contribution in [0.2, 0.25) is 0 Å². The van der Waals surface area contributed by atoms with Crippen molar-refractivity contribution in [3.8, 4) is 11.5 Å². The Morgan fingerprint density at radius 1 is 1.21 bits per heavy atom. The molecule has 1 atom stereocenters. The lowest BCUT2D eigenvalue weighted by Gasteiger charge is -2.20. The van der Waals surface area contributed by atoms with E-state index in [1.165, 1.54) is 0 Å². The van der Waals surface area contributed by atoms with Crippen LogP contribution in [0, 0.1) is 5.92 Å². The average molecular weight is 263 g/mol. The molecule has 0 amide bonds. The minimum Gasteiger partial charge on any atom is -0.486 e. The van der Waals surface area contributed by atoms with Gasteiger partial charge in [0.1, 0.15) is 13.2 Å². The molecule has 1 aromatic rings. The standard InChI is InChI=1S/C15H21NO3/c1-10(2)9-16-11(3)15(17)12-4-5-13-14(8-12)19-7-6-18-13/h4-5,8,10-11,16H,6-7,9H2,1-3H3. The van der Waals surface area contributed by atoms with Gasteiger partial charge in [0.15, 0.2) is 17.3 Å². The molecule has 1 aliphatic heterocycles. The van der Waals surface area contributed by atoms with E-state index in [2.05, 4.69) is 19.2 Å². The van der Waals surface area contributed by atoms with E-state index in [0.29, 0.717) is 36.2 Å². The van der Waals surface area contributed by atoms with Gasteiger partial charge in [-0.3, -0.25) is 4.79 Å². The molecule has 19 heavy (non-hydrogen) atoms. The van der Waals surface area contributed by atoms with E-state index >= 15 is 0 Å². The van der Waals surface area contributed by atoms with Gasteiger partial charge in [-0.2, -0.15) is 0 Å². The van der Waals surface area contributed by atoms with Crippen LogP contribution in [0.25, 0.3) is 0 Å². The topological polar surface area (TPSA) is 47.6 Å². The molecule has 0 radical (unpaired) electrons. The molecule has 1 unspecified atom stereocenters. The summed E-state index contributed by atoms with van der Waals surface area (Å²) in [5.41, 5.74) is 0.660. The Balaban J connectivity index is 2.06. The second-order valence-corrected chi connectivity index (χ2v) is 5.25. The summed E-state index contributed by atoms with van der Waals surface area (Å²) < 4.78 is 10.9. The maximum absolute atomic E-state index is 12.3. The zero-order chi connectivity index (χ0) is 13.8. The summed E-state index contributed by atoms with van der Waals surface area (Å²) in [6.07, 6.45) is 0. The Morgan fingerprint density at radius 3 is 2.58 bits per heavy atom. The van der Waals surface area contributed by atoms with Crippen LogP contribution in [-0.2, 0) is 0 Å². The fourth-order valence-corrected chi connectivity index (χ4v) is 1.95. The zero-order valence-electron chi connectivity index (χ0n) is 11.7. The van der Waals surface area contributed by atoms with Crippen LogP contribution in [0.1, 0.15) is 31.1 Å². The first-order valence-corrected chi connectivity index (χ1v) is 6.75. The second-order valence-electron chi connectivity index (χ2n) is 5.25. The summed E-state index contributed by atoms with van der Waals surface area (Å²) in [6, 6.07) is 5.18. The molecule has 1 aliphatic rings. The molecule has 4 nitrogen and oxygen atoms in total. The minimum absolute atomic E-state index is 0.0811. The van der Waals surface area contributed by atoms with E-state index in [1.807, 2.05) is 6.92 Å². The average Bonchev–Trinajstić information content (AvgIpc) is 2.43. The highest BCUT2D eigenvalue weighted by Gasteiger charge is 2.18. The number of carbonyl (C=O) groups is 1. The quantitative estimate of drug-likeness (QED) is 0.828. The van der Waals surface area contributed by atoms with Crippen molar-refractivity contribution in [3.05, 3.63) is 23.8 Å². The lowest BCUT2D eigenvalue weighted by atomic mass is 10.0. The van der Waals surface area contributed by atoms with Gasteiger partial charge >= 0.3 is 0 Å². The zero-order valence-corrected chi connectivity index (χ0v) is 11.7. The lowest BCUT2D eigenvalue weighted by Crippen LogP contribution is -2.36. The molecule has 0 fully saturated rings. The van der Waals surface area contributed by atoms with E-state index in [1.54, 1.807) is 18.2 Å². The molecule has 0 saturated carbocycles. The smallest absolute Gasteiger partial charge is 0.179 e. The lowest BCUT2D eigenvalue weighted by molar-refractivity contribution is 0.0948. The number of Topliss-reactive ketones (excluding diaryl/α,β-unsaturated/α-hetero) is 1. The summed E-state index contributed by atoms with van der Waals surface area (Å²) in [6.45, 7) is 8.06. The van der Waals surface area contributed by atoms with Crippen LogP contribution >= 0.6 is 0 Å². The molecule has 0 aliphatic carbocycles. The Morgan fingerprint density at radius 2 is 1.89 bits per heavy atom. The molecular formula is C15H21NO3. The number of ketones is 1. The SMILES string of the molecule is CC(C)CNC(C)C(=O)c1ccc2c(c1)OCCO2. The third-order valence-corrected chi connectivity index (χ3v) is 3.05. The van der Waals surface area contributed by atoms with Gasteiger partial charge in [-0.05, 0) is 37.6 Å². The highest BCUT2D eigenvalue weighted by atomic mass is 16.6. The van der Waals surface area contributed by atoms with Gasteiger partial charge in [-0.15, -0.1) is 0 Å². The second kappa shape index (κ2) is 6.06. The fourth-order valence-electron chi connectivity index (χ4n) is 1.95. The summed E-state index contributed by atoms with van der Waals surface area (Å²) in [5.74, 6) is 1.98. The highest BCUT2D eigenvalue weighted by molar-refractivity contribution is 6.00. The van der Waals surface area contributed by atoms with Crippen LogP contribution in [0.5, 0.6) is 11.5 Å². The van der Waals surface area contributed by atoms with Crippen molar-refractivity contribution in [2.45, 2.75) is 26.8 Å². The largest absolute Gasteiger partial charge is 0.486 e. The van der Waals surface area contributed by atoms with Gasteiger partial charge in [-0.25, -0.2) is 0 Å². The van der Waals surface area contributed by atoms with E-state index in [-0.39, 0.29) is 11.8 Å². The van der Waals surface area contributed by atoms with Crippen LogP contribution < -0.4 is 14.8 Å². The Labute approximate surface area is 114 Å². The summed E-state index contributed by atoms with van der Waals surface area (Å²) in [7, 11) is 0. The van der Waals surface area contributed by atoms with Gasteiger partial charge in [0.2, 0.25) is 0 Å². The molecule has 1 aromatic carbocycles. The Kier molecular flexibility index (Phi) is 4.43. The van der Waals surface area contributed by atoms with E-state index in [9.17, 15) is 4.79 Å². The summed E-state index contributed by atoms with van der Waals surface area (Å²) in [5, 5.41) is 3.24. The van der Waals surface area contributed by atoms with Crippen molar-refractivity contribution in [2.75, 3.05) is 19.8 Å². The number of benzene rings is 1. The van der Waals surface area contributed by atoms with Gasteiger partial charge in [0.05, 0.1) is 6.04 Å². The maximum atomic E-state index is 12.3. The third kappa shape index (κ3) is 3.47. The Bertz CT molecular complexity index is 457. The molecule has 0 spiro atoms. The molecular weight excluding hydrogens is 242 g/mol. The number of hydrogen-bond donors (Lipinski definition) is 1. The van der Waals surface area contributed by atoms with Crippen molar-refractivity contribution in [2.24, 2.45) is 5.92 Å². The van der Waals surface area contributed by atoms with Gasteiger partial charge in [0, 0.05) is 5.56 Å². The molecule has 104 valence electrons. The van der Waals surface area contributed by atoms with Crippen LogP contribution in [-0.4, -0.2) is 31.6 Å². The van der Waals surface area contributed by atoms with E-state index in [0.717, 1.165) is 6.54 Å².